The van der Waals surface area contributed by atoms with Gasteiger partial charge in [0.15, 0.2) is 0 Å². The van der Waals surface area contributed by atoms with Gasteiger partial charge in [-0.05, 0) is 35.4 Å². The van der Waals surface area contributed by atoms with Gasteiger partial charge in [-0.3, -0.25) is 10.4 Å². The average Bonchev–Trinajstić information content (AvgIpc) is 2.61. The number of hydrogen-bond donors (Lipinski definition) is 1. The molecule has 0 aliphatic rings. The lowest BCUT2D eigenvalue weighted by atomic mass is 10.0. The number of anilines is 1. The van der Waals surface area contributed by atoms with Crippen LogP contribution in [0.3, 0.4) is 0 Å². The largest absolute Gasteiger partial charge is 0.278 e. The van der Waals surface area contributed by atoms with Crippen LogP contribution < -0.4 is 5.43 Å². The molecule has 0 aliphatic carbocycles. The molecule has 22 heavy (non-hydrogen) atoms. The number of para-hydroxylation sites is 1. The average molecular weight is 287 g/mol. The van der Waals surface area contributed by atoms with Crippen LogP contribution in [0.5, 0.6) is 0 Å². The molecule has 108 valence electrons. The molecule has 2 aromatic carbocycles. The van der Waals surface area contributed by atoms with Crippen LogP contribution in [0, 0.1) is 0 Å². The molecule has 0 aliphatic heterocycles. The Morgan fingerprint density at radius 1 is 0.818 bits per heavy atom. The zero-order chi connectivity index (χ0) is 15.0. The van der Waals surface area contributed by atoms with Crippen molar-refractivity contribution in [3.8, 4) is 0 Å². The number of aromatic nitrogens is 1. The second-order valence-electron chi connectivity index (χ2n) is 4.93. The fourth-order valence-corrected chi connectivity index (χ4v) is 2.18. The molecule has 0 spiro atoms. The Kier molecular flexibility index (Phi) is 4.57. The molecule has 1 heterocycles. The van der Waals surface area contributed by atoms with Crippen LogP contribution in [0.2, 0.25) is 0 Å². The number of pyridine rings is 1. The Morgan fingerprint density at radius 3 is 2.14 bits per heavy atom. The summed E-state index contributed by atoms with van der Waals surface area (Å²) in [4.78, 5) is 4.06. The fourth-order valence-electron chi connectivity index (χ4n) is 2.18. The fraction of sp³-hybridized carbons (Fsp3) is 0.0526. The molecule has 0 bridgehead atoms. The SMILES string of the molecule is c1ccc(N/N=C(/Cc2ccncc2)c2ccccc2)cc1. The van der Waals surface area contributed by atoms with Crippen molar-refractivity contribution >= 4 is 11.4 Å². The highest BCUT2D eigenvalue weighted by molar-refractivity contribution is 6.02. The maximum atomic E-state index is 4.61. The highest BCUT2D eigenvalue weighted by Gasteiger charge is 2.05. The van der Waals surface area contributed by atoms with Crippen LogP contribution in [0.25, 0.3) is 0 Å². The molecule has 0 saturated carbocycles. The predicted molar refractivity (Wildman–Crippen MR) is 91.0 cm³/mol. The van der Waals surface area contributed by atoms with Crippen molar-refractivity contribution in [2.45, 2.75) is 6.42 Å². The molecule has 0 amide bonds. The quantitative estimate of drug-likeness (QED) is 0.565. The minimum atomic E-state index is 0.756. The summed E-state index contributed by atoms with van der Waals surface area (Å²) in [6.45, 7) is 0. The van der Waals surface area contributed by atoms with Gasteiger partial charge in [-0.2, -0.15) is 5.10 Å². The third kappa shape index (κ3) is 3.79. The number of hydrogen-bond acceptors (Lipinski definition) is 3. The normalized spacial score (nSPS) is 11.2. The van der Waals surface area contributed by atoms with Crippen molar-refractivity contribution < 1.29 is 0 Å². The summed E-state index contributed by atoms with van der Waals surface area (Å²) in [6, 6.07) is 24.2. The molecular formula is C19H17N3. The van der Waals surface area contributed by atoms with E-state index in [9.17, 15) is 0 Å². The first-order chi connectivity index (χ1) is 10.9. The maximum absolute atomic E-state index is 4.61. The molecule has 3 heteroatoms. The van der Waals surface area contributed by atoms with Gasteiger partial charge in [0.2, 0.25) is 0 Å². The first-order valence-electron chi connectivity index (χ1n) is 7.24. The molecule has 0 unspecified atom stereocenters. The monoisotopic (exact) mass is 287 g/mol. The summed E-state index contributed by atoms with van der Waals surface area (Å²) in [5.74, 6) is 0. The Bertz CT molecular complexity index is 722. The molecule has 1 aromatic heterocycles. The summed E-state index contributed by atoms with van der Waals surface area (Å²) in [6.07, 6.45) is 4.37. The molecule has 0 radical (unpaired) electrons. The second kappa shape index (κ2) is 7.18. The highest BCUT2D eigenvalue weighted by Crippen LogP contribution is 2.10. The van der Waals surface area contributed by atoms with Crippen molar-refractivity contribution in [2.24, 2.45) is 5.10 Å². The molecule has 3 rings (SSSR count). The van der Waals surface area contributed by atoms with Gasteiger partial charge in [0, 0.05) is 18.8 Å². The van der Waals surface area contributed by atoms with Crippen LogP contribution in [-0.2, 0) is 6.42 Å². The Balaban J connectivity index is 1.86. The van der Waals surface area contributed by atoms with Gasteiger partial charge in [0.25, 0.3) is 0 Å². The Labute approximate surface area is 130 Å². The van der Waals surface area contributed by atoms with Crippen molar-refractivity contribution in [1.82, 2.24) is 4.98 Å². The van der Waals surface area contributed by atoms with Crippen molar-refractivity contribution in [2.75, 3.05) is 5.43 Å². The van der Waals surface area contributed by atoms with Crippen molar-refractivity contribution in [1.29, 1.82) is 0 Å². The molecule has 3 aromatic rings. The lowest BCUT2D eigenvalue weighted by molar-refractivity contribution is 1.21. The standard InChI is InChI=1S/C19H17N3/c1-3-7-17(8-4-1)19(15-16-11-13-20-14-12-16)22-21-18-9-5-2-6-10-18/h1-14,21H,15H2/b22-19-. The van der Waals surface area contributed by atoms with Crippen molar-refractivity contribution in [3.63, 3.8) is 0 Å². The van der Waals surface area contributed by atoms with E-state index in [1.807, 2.05) is 73.1 Å². The van der Waals surface area contributed by atoms with Gasteiger partial charge in [-0.1, -0.05) is 48.5 Å². The zero-order valence-corrected chi connectivity index (χ0v) is 12.2. The van der Waals surface area contributed by atoms with E-state index in [0.717, 1.165) is 23.4 Å². The lowest BCUT2D eigenvalue weighted by Crippen LogP contribution is -2.08. The van der Waals surface area contributed by atoms with Gasteiger partial charge in [0.1, 0.15) is 0 Å². The number of benzene rings is 2. The van der Waals surface area contributed by atoms with E-state index < -0.39 is 0 Å². The number of rotatable bonds is 5. The zero-order valence-electron chi connectivity index (χ0n) is 12.2. The first kappa shape index (κ1) is 14.0. The molecule has 0 fully saturated rings. The van der Waals surface area contributed by atoms with E-state index in [1.165, 1.54) is 5.56 Å². The number of nitrogens with one attached hydrogen (secondary N) is 1. The minimum absolute atomic E-state index is 0.756. The van der Waals surface area contributed by atoms with Crippen LogP contribution in [-0.4, -0.2) is 10.7 Å². The first-order valence-corrected chi connectivity index (χ1v) is 7.24. The molecule has 1 N–H and O–H groups in total. The number of nitrogens with zero attached hydrogens (tertiary/aromatic N) is 2. The van der Waals surface area contributed by atoms with Gasteiger partial charge >= 0.3 is 0 Å². The van der Waals surface area contributed by atoms with Crippen LogP contribution in [0.15, 0.2) is 90.3 Å². The third-order valence-corrected chi connectivity index (χ3v) is 3.32. The van der Waals surface area contributed by atoms with E-state index >= 15 is 0 Å². The Morgan fingerprint density at radius 2 is 1.45 bits per heavy atom. The van der Waals surface area contributed by atoms with Crippen molar-refractivity contribution in [3.05, 3.63) is 96.3 Å². The molecule has 3 nitrogen and oxygen atoms in total. The van der Waals surface area contributed by atoms with Crippen LogP contribution in [0.1, 0.15) is 11.1 Å². The predicted octanol–water partition coefficient (Wildman–Crippen LogP) is 4.14. The van der Waals surface area contributed by atoms with E-state index in [-0.39, 0.29) is 0 Å². The lowest BCUT2D eigenvalue weighted by Gasteiger charge is -2.08. The second-order valence-corrected chi connectivity index (χ2v) is 4.93. The van der Waals surface area contributed by atoms with Crippen LogP contribution >= 0.6 is 0 Å². The highest BCUT2D eigenvalue weighted by atomic mass is 15.3. The molecular weight excluding hydrogens is 270 g/mol. The van der Waals surface area contributed by atoms with E-state index in [0.29, 0.717) is 0 Å². The molecule has 0 atom stereocenters. The Hall–Kier alpha value is -2.94. The van der Waals surface area contributed by atoms with E-state index in [4.69, 9.17) is 0 Å². The maximum Gasteiger partial charge on any atom is 0.0723 e. The van der Waals surface area contributed by atoms with Gasteiger partial charge in [0.05, 0.1) is 11.4 Å². The third-order valence-electron chi connectivity index (χ3n) is 3.32. The number of hydrazone groups is 1. The summed E-state index contributed by atoms with van der Waals surface area (Å²) < 4.78 is 0. The van der Waals surface area contributed by atoms with E-state index in [2.05, 4.69) is 27.6 Å². The molecule has 0 saturated heterocycles. The minimum Gasteiger partial charge on any atom is -0.278 e. The smallest absolute Gasteiger partial charge is 0.0723 e. The topological polar surface area (TPSA) is 37.3 Å². The van der Waals surface area contributed by atoms with Gasteiger partial charge in [-0.25, -0.2) is 0 Å². The van der Waals surface area contributed by atoms with Crippen LogP contribution in [0.4, 0.5) is 5.69 Å². The van der Waals surface area contributed by atoms with E-state index in [1.54, 1.807) is 0 Å². The summed E-state index contributed by atoms with van der Waals surface area (Å²) in [7, 11) is 0. The van der Waals surface area contributed by atoms with Gasteiger partial charge < -0.3 is 0 Å². The summed E-state index contributed by atoms with van der Waals surface area (Å²) in [5, 5.41) is 4.61. The van der Waals surface area contributed by atoms with Gasteiger partial charge in [-0.15, -0.1) is 0 Å². The summed E-state index contributed by atoms with van der Waals surface area (Å²) >= 11 is 0. The summed E-state index contributed by atoms with van der Waals surface area (Å²) in [5.41, 5.74) is 7.41.